The van der Waals surface area contributed by atoms with Gasteiger partial charge in [0.1, 0.15) is 11.6 Å². The van der Waals surface area contributed by atoms with Gasteiger partial charge in [0.25, 0.3) is 5.91 Å². The number of carbonyl (C=O) groups is 2. The fourth-order valence-corrected chi connectivity index (χ4v) is 2.48. The van der Waals surface area contributed by atoms with E-state index in [1.165, 1.54) is 6.07 Å². The molecular weight excluding hydrogens is 345 g/mol. The predicted octanol–water partition coefficient (Wildman–Crippen LogP) is 4.38. The molecule has 0 saturated heterocycles. The quantitative estimate of drug-likeness (QED) is 0.661. The number of rotatable bonds is 6. The number of benzene rings is 3. The molecule has 3 rings (SSSR count). The van der Waals surface area contributed by atoms with Crippen molar-refractivity contribution in [3.05, 3.63) is 95.3 Å². The molecule has 136 valence electrons. The van der Waals surface area contributed by atoms with Gasteiger partial charge in [-0.3, -0.25) is 9.59 Å². The molecule has 1 amide bonds. The number of hydrogen-bond acceptors (Lipinski definition) is 3. The number of anilines is 1. The average molecular weight is 363 g/mol. The number of carbonyl (C=O) groups excluding carboxylic acids is 2. The highest BCUT2D eigenvalue weighted by molar-refractivity contribution is 6.09. The molecule has 0 aromatic heterocycles. The first-order valence-electron chi connectivity index (χ1n) is 8.41. The maximum atomic E-state index is 13.5. The Morgan fingerprint density at radius 1 is 0.926 bits per heavy atom. The summed E-state index contributed by atoms with van der Waals surface area (Å²) in [5, 5.41) is 2.57. The molecule has 0 spiro atoms. The highest BCUT2D eigenvalue weighted by atomic mass is 19.1. The van der Waals surface area contributed by atoms with E-state index in [-0.39, 0.29) is 18.2 Å². The minimum absolute atomic E-state index is 0.0821. The van der Waals surface area contributed by atoms with Crippen molar-refractivity contribution < 1.29 is 18.7 Å². The van der Waals surface area contributed by atoms with Crippen LogP contribution in [0.5, 0.6) is 5.75 Å². The molecule has 0 bridgehead atoms. The lowest BCUT2D eigenvalue weighted by atomic mass is 10.0. The van der Waals surface area contributed by atoms with E-state index in [9.17, 15) is 14.0 Å². The van der Waals surface area contributed by atoms with Crippen LogP contribution in [0.1, 0.15) is 21.5 Å². The molecule has 5 heteroatoms. The van der Waals surface area contributed by atoms with Crippen molar-refractivity contribution in [2.45, 2.75) is 6.92 Å². The molecular formula is C22H18FNO3. The average Bonchev–Trinajstić information content (AvgIpc) is 2.70. The van der Waals surface area contributed by atoms with Crippen molar-refractivity contribution in [3.8, 4) is 5.75 Å². The summed E-state index contributed by atoms with van der Waals surface area (Å²) < 4.78 is 18.9. The Balaban J connectivity index is 1.56. The van der Waals surface area contributed by atoms with Crippen molar-refractivity contribution in [3.63, 3.8) is 0 Å². The Morgan fingerprint density at radius 3 is 2.26 bits per heavy atom. The lowest BCUT2D eigenvalue weighted by Gasteiger charge is -2.09. The number of ether oxygens (including phenoxy) is 1. The SMILES string of the molecule is Cc1ccc(NC(=O)COc2ccc(C(=O)c3ccccc3)cc2)cc1F. The molecule has 0 aliphatic rings. The van der Waals surface area contributed by atoms with Crippen molar-refractivity contribution in [1.82, 2.24) is 0 Å². The molecule has 0 aliphatic carbocycles. The normalized spacial score (nSPS) is 10.3. The molecule has 0 atom stereocenters. The lowest BCUT2D eigenvalue weighted by Crippen LogP contribution is -2.20. The first kappa shape index (κ1) is 18.3. The second kappa shape index (κ2) is 8.27. The summed E-state index contributed by atoms with van der Waals surface area (Å²) in [4.78, 5) is 24.3. The smallest absolute Gasteiger partial charge is 0.262 e. The Morgan fingerprint density at radius 2 is 1.59 bits per heavy atom. The topological polar surface area (TPSA) is 55.4 Å². The van der Waals surface area contributed by atoms with Gasteiger partial charge in [0.05, 0.1) is 0 Å². The van der Waals surface area contributed by atoms with Crippen LogP contribution in [0.2, 0.25) is 0 Å². The fraction of sp³-hybridized carbons (Fsp3) is 0.0909. The zero-order valence-electron chi connectivity index (χ0n) is 14.7. The zero-order valence-corrected chi connectivity index (χ0v) is 14.7. The van der Waals surface area contributed by atoms with E-state index in [2.05, 4.69) is 5.32 Å². The summed E-state index contributed by atoms with van der Waals surface area (Å²) in [6, 6.07) is 20.0. The zero-order chi connectivity index (χ0) is 19.2. The van der Waals surface area contributed by atoms with Crippen LogP contribution < -0.4 is 10.1 Å². The van der Waals surface area contributed by atoms with Crippen LogP contribution in [0.15, 0.2) is 72.8 Å². The van der Waals surface area contributed by atoms with Gasteiger partial charge in [-0.15, -0.1) is 0 Å². The molecule has 4 nitrogen and oxygen atoms in total. The van der Waals surface area contributed by atoms with Gasteiger partial charge < -0.3 is 10.1 Å². The predicted molar refractivity (Wildman–Crippen MR) is 102 cm³/mol. The Labute approximate surface area is 156 Å². The first-order chi connectivity index (χ1) is 13.0. The molecule has 3 aromatic rings. The molecule has 3 aromatic carbocycles. The third-order valence-electron chi connectivity index (χ3n) is 3.98. The van der Waals surface area contributed by atoms with Gasteiger partial charge >= 0.3 is 0 Å². The summed E-state index contributed by atoms with van der Waals surface area (Å²) in [5.41, 5.74) is 2.02. The standard InChI is InChI=1S/C22H18FNO3/c1-15-7-10-18(13-20(15)23)24-21(25)14-27-19-11-8-17(9-12-19)22(26)16-5-3-2-4-6-16/h2-13H,14H2,1H3,(H,24,25). The molecule has 27 heavy (non-hydrogen) atoms. The Hall–Kier alpha value is -3.47. The highest BCUT2D eigenvalue weighted by Gasteiger charge is 2.09. The highest BCUT2D eigenvalue weighted by Crippen LogP contribution is 2.16. The van der Waals surface area contributed by atoms with Crippen LogP contribution in [0, 0.1) is 12.7 Å². The third-order valence-corrected chi connectivity index (χ3v) is 3.98. The van der Waals surface area contributed by atoms with Crippen LogP contribution in [-0.2, 0) is 4.79 Å². The van der Waals surface area contributed by atoms with E-state index in [0.717, 1.165) is 0 Å². The number of ketones is 1. The van der Waals surface area contributed by atoms with Crippen molar-refractivity contribution in [2.75, 3.05) is 11.9 Å². The Bertz CT molecular complexity index is 953. The summed E-state index contributed by atoms with van der Waals surface area (Å²) in [6.45, 7) is 1.43. The maximum Gasteiger partial charge on any atom is 0.262 e. The summed E-state index contributed by atoms with van der Waals surface area (Å²) in [7, 11) is 0. The van der Waals surface area contributed by atoms with E-state index >= 15 is 0 Å². The molecule has 0 fully saturated rings. The van der Waals surface area contributed by atoms with Crippen LogP contribution in [0.25, 0.3) is 0 Å². The molecule has 0 unspecified atom stereocenters. The summed E-state index contributed by atoms with van der Waals surface area (Å²) in [6.07, 6.45) is 0. The number of hydrogen-bond donors (Lipinski definition) is 1. The second-order valence-electron chi connectivity index (χ2n) is 6.02. The number of nitrogens with one attached hydrogen (secondary N) is 1. The minimum atomic E-state index is -0.400. The molecule has 0 heterocycles. The van der Waals surface area contributed by atoms with Gasteiger partial charge in [0.2, 0.25) is 0 Å². The van der Waals surface area contributed by atoms with Gasteiger partial charge in [0.15, 0.2) is 12.4 Å². The monoisotopic (exact) mass is 363 g/mol. The molecule has 1 N–H and O–H groups in total. The maximum absolute atomic E-state index is 13.5. The van der Waals surface area contributed by atoms with Crippen LogP contribution >= 0.6 is 0 Å². The minimum Gasteiger partial charge on any atom is -0.484 e. The van der Waals surface area contributed by atoms with Gasteiger partial charge in [-0.2, -0.15) is 0 Å². The van der Waals surface area contributed by atoms with Gasteiger partial charge in [-0.25, -0.2) is 4.39 Å². The largest absolute Gasteiger partial charge is 0.484 e. The number of amides is 1. The Kier molecular flexibility index (Phi) is 5.61. The summed E-state index contributed by atoms with van der Waals surface area (Å²) >= 11 is 0. The molecule has 0 radical (unpaired) electrons. The van der Waals surface area contributed by atoms with E-state index in [4.69, 9.17) is 4.74 Å². The van der Waals surface area contributed by atoms with Crippen LogP contribution in [-0.4, -0.2) is 18.3 Å². The van der Waals surface area contributed by atoms with Crippen molar-refractivity contribution in [2.24, 2.45) is 0 Å². The number of halogens is 1. The van der Waals surface area contributed by atoms with Gasteiger partial charge in [-0.1, -0.05) is 36.4 Å². The second-order valence-corrected chi connectivity index (χ2v) is 6.02. The van der Waals surface area contributed by atoms with E-state index in [1.807, 2.05) is 18.2 Å². The number of aryl methyl sites for hydroxylation is 1. The summed E-state index contributed by atoms with van der Waals surface area (Å²) in [5.74, 6) is -0.402. The van der Waals surface area contributed by atoms with Crippen molar-refractivity contribution >= 4 is 17.4 Å². The van der Waals surface area contributed by atoms with E-state index in [0.29, 0.717) is 28.1 Å². The molecule has 0 saturated carbocycles. The lowest BCUT2D eigenvalue weighted by molar-refractivity contribution is -0.118. The van der Waals surface area contributed by atoms with E-state index in [1.54, 1.807) is 55.5 Å². The van der Waals surface area contributed by atoms with Crippen molar-refractivity contribution in [1.29, 1.82) is 0 Å². The first-order valence-corrected chi connectivity index (χ1v) is 8.41. The third kappa shape index (κ3) is 4.79. The van der Waals surface area contributed by atoms with E-state index < -0.39 is 5.91 Å². The fourth-order valence-electron chi connectivity index (χ4n) is 2.48. The molecule has 0 aliphatic heterocycles. The van der Waals surface area contributed by atoms with Crippen LogP contribution in [0.4, 0.5) is 10.1 Å². The van der Waals surface area contributed by atoms with Crippen LogP contribution in [0.3, 0.4) is 0 Å². The van der Waals surface area contributed by atoms with Gasteiger partial charge in [-0.05, 0) is 48.9 Å². The van der Waals surface area contributed by atoms with Gasteiger partial charge in [0, 0.05) is 16.8 Å².